The number of aromatic nitrogens is 4. The highest BCUT2D eigenvalue weighted by Crippen LogP contribution is 2.18. The third kappa shape index (κ3) is 4.52. The Morgan fingerprint density at radius 1 is 1.20 bits per heavy atom. The summed E-state index contributed by atoms with van der Waals surface area (Å²) in [6.07, 6.45) is 1.45. The molecule has 0 aliphatic heterocycles. The fourth-order valence-corrected chi connectivity index (χ4v) is 2.82. The maximum absolute atomic E-state index is 13.3. The van der Waals surface area contributed by atoms with Crippen LogP contribution in [0.2, 0.25) is 0 Å². The summed E-state index contributed by atoms with van der Waals surface area (Å²) in [6.45, 7) is 2.16. The highest BCUT2D eigenvalue weighted by molar-refractivity contribution is 6.02. The number of ether oxygens (including phenoxy) is 1. The predicted octanol–water partition coefficient (Wildman–Crippen LogP) is 3.59. The summed E-state index contributed by atoms with van der Waals surface area (Å²) in [5.41, 5.74) is 1.37. The zero-order valence-electron chi connectivity index (χ0n) is 16.1. The minimum absolute atomic E-state index is 0.102. The Hall–Kier alpha value is -4.01. The predicted molar refractivity (Wildman–Crippen MR) is 105 cm³/mol. The number of hydrogen-bond donors (Lipinski definition) is 1. The van der Waals surface area contributed by atoms with Crippen molar-refractivity contribution in [3.05, 3.63) is 89.3 Å². The van der Waals surface area contributed by atoms with Gasteiger partial charge in [0.1, 0.15) is 30.3 Å². The molecule has 0 radical (unpaired) electrons. The molecule has 0 bridgehead atoms. The van der Waals surface area contributed by atoms with Gasteiger partial charge in [0, 0.05) is 0 Å². The average Bonchev–Trinajstić information content (AvgIpc) is 3.33. The number of halogens is 1. The van der Waals surface area contributed by atoms with Crippen LogP contribution < -0.4 is 10.1 Å². The van der Waals surface area contributed by atoms with Crippen molar-refractivity contribution < 1.29 is 18.4 Å². The molecule has 9 heteroatoms. The molecule has 0 unspecified atom stereocenters. The average molecular weight is 407 g/mol. The monoisotopic (exact) mass is 407 g/mol. The zero-order chi connectivity index (χ0) is 20.9. The Bertz CT molecular complexity index is 1160. The van der Waals surface area contributed by atoms with Crippen molar-refractivity contribution in [2.75, 3.05) is 5.32 Å². The van der Waals surface area contributed by atoms with Crippen molar-refractivity contribution in [2.24, 2.45) is 0 Å². The molecule has 2 aromatic heterocycles. The zero-order valence-corrected chi connectivity index (χ0v) is 16.1. The molecule has 30 heavy (non-hydrogen) atoms. The lowest BCUT2D eigenvalue weighted by Crippen LogP contribution is -2.16. The van der Waals surface area contributed by atoms with Crippen LogP contribution >= 0.6 is 0 Å². The van der Waals surface area contributed by atoms with Gasteiger partial charge in [-0.3, -0.25) is 10.1 Å². The minimum atomic E-state index is -0.512. The first-order valence-corrected chi connectivity index (χ1v) is 9.17. The van der Waals surface area contributed by atoms with Crippen molar-refractivity contribution in [3.8, 4) is 5.75 Å². The van der Waals surface area contributed by atoms with Crippen LogP contribution in [-0.2, 0) is 13.2 Å². The van der Waals surface area contributed by atoms with Crippen molar-refractivity contribution in [1.82, 2.24) is 19.9 Å². The van der Waals surface area contributed by atoms with E-state index in [9.17, 15) is 9.18 Å². The Balaban J connectivity index is 1.42. The van der Waals surface area contributed by atoms with Crippen LogP contribution in [0.1, 0.15) is 27.4 Å². The summed E-state index contributed by atoms with van der Waals surface area (Å²) in [5.74, 6) is 0.421. The SMILES string of the molecule is Cc1onc(C(=O)Nc2ncn(Cc3cccc(F)c3)n2)c1COc1ccccc1. The summed E-state index contributed by atoms with van der Waals surface area (Å²) < 4.78 is 25.7. The van der Waals surface area contributed by atoms with Gasteiger partial charge < -0.3 is 9.26 Å². The lowest BCUT2D eigenvalue weighted by atomic mass is 10.2. The van der Waals surface area contributed by atoms with Gasteiger partial charge in [-0.25, -0.2) is 14.1 Å². The van der Waals surface area contributed by atoms with Gasteiger partial charge in [-0.1, -0.05) is 35.5 Å². The van der Waals surface area contributed by atoms with E-state index in [1.165, 1.54) is 23.1 Å². The minimum Gasteiger partial charge on any atom is -0.489 e. The molecular weight excluding hydrogens is 389 g/mol. The topological polar surface area (TPSA) is 95.1 Å². The number of para-hydroxylation sites is 1. The van der Waals surface area contributed by atoms with E-state index in [-0.39, 0.29) is 24.1 Å². The van der Waals surface area contributed by atoms with Crippen LogP contribution in [0, 0.1) is 12.7 Å². The van der Waals surface area contributed by atoms with E-state index in [0.29, 0.717) is 23.6 Å². The second-order valence-electron chi connectivity index (χ2n) is 6.52. The van der Waals surface area contributed by atoms with Crippen molar-refractivity contribution in [2.45, 2.75) is 20.1 Å². The summed E-state index contributed by atoms with van der Waals surface area (Å²) in [4.78, 5) is 16.7. The molecule has 0 saturated heterocycles. The normalized spacial score (nSPS) is 10.7. The highest BCUT2D eigenvalue weighted by Gasteiger charge is 2.21. The smallest absolute Gasteiger partial charge is 0.280 e. The van der Waals surface area contributed by atoms with Crippen LogP contribution in [0.25, 0.3) is 0 Å². The Kier molecular flexibility index (Phi) is 5.51. The van der Waals surface area contributed by atoms with Gasteiger partial charge in [0.25, 0.3) is 5.91 Å². The number of carbonyl (C=O) groups excluding carboxylic acids is 1. The summed E-state index contributed by atoms with van der Waals surface area (Å²) in [6, 6.07) is 15.4. The molecule has 2 aromatic carbocycles. The van der Waals surface area contributed by atoms with Crippen molar-refractivity contribution >= 4 is 11.9 Å². The number of rotatable bonds is 7. The first-order chi connectivity index (χ1) is 14.6. The highest BCUT2D eigenvalue weighted by atomic mass is 19.1. The van der Waals surface area contributed by atoms with Gasteiger partial charge >= 0.3 is 0 Å². The number of anilines is 1. The summed E-state index contributed by atoms with van der Waals surface area (Å²) in [7, 11) is 0. The molecule has 1 amide bonds. The quantitative estimate of drug-likeness (QED) is 0.503. The van der Waals surface area contributed by atoms with E-state index < -0.39 is 5.91 Å². The number of hydrogen-bond acceptors (Lipinski definition) is 6. The molecule has 0 fully saturated rings. The number of benzene rings is 2. The van der Waals surface area contributed by atoms with Crippen LogP contribution in [0.5, 0.6) is 5.75 Å². The number of nitrogens with one attached hydrogen (secondary N) is 1. The Labute approximate surface area is 171 Å². The summed E-state index contributed by atoms with van der Waals surface area (Å²) in [5, 5.41) is 10.6. The first-order valence-electron chi connectivity index (χ1n) is 9.17. The lowest BCUT2D eigenvalue weighted by molar-refractivity contribution is 0.101. The van der Waals surface area contributed by atoms with Crippen molar-refractivity contribution in [3.63, 3.8) is 0 Å². The fourth-order valence-electron chi connectivity index (χ4n) is 2.82. The molecule has 152 valence electrons. The number of aryl methyl sites for hydroxylation is 1. The van der Waals surface area contributed by atoms with E-state index in [1.807, 2.05) is 30.3 Å². The lowest BCUT2D eigenvalue weighted by Gasteiger charge is -2.06. The molecule has 0 atom stereocenters. The maximum atomic E-state index is 13.3. The van der Waals surface area contributed by atoms with Gasteiger partial charge in [-0.2, -0.15) is 0 Å². The molecule has 0 saturated carbocycles. The van der Waals surface area contributed by atoms with Crippen LogP contribution in [0.4, 0.5) is 10.3 Å². The summed E-state index contributed by atoms with van der Waals surface area (Å²) >= 11 is 0. The van der Waals surface area contributed by atoms with E-state index in [1.54, 1.807) is 19.1 Å². The van der Waals surface area contributed by atoms with E-state index >= 15 is 0 Å². The molecule has 4 aromatic rings. The van der Waals surface area contributed by atoms with Gasteiger partial charge in [-0.05, 0) is 36.8 Å². The third-order valence-corrected chi connectivity index (χ3v) is 4.32. The maximum Gasteiger partial charge on any atom is 0.280 e. The molecule has 0 spiro atoms. The largest absolute Gasteiger partial charge is 0.489 e. The van der Waals surface area contributed by atoms with Gasteiger partial charge in [0.2, 0.25) is 5.95 Å². The van der Waals surface area contributed by atoms with Gasteiger partial charge in [-0.15, -0.1) is 5.10 Å². The molecule has 4 rings (SSSR count). The van der Waals surface area contributed by atoms with Gasteiger partial charge in [0.15, 0.2) is 5.69 Å². The van der Waals surface area contributed by atoms with Crippen LogP contribution in [0.3, 0.4) is 0 Å². The Morgan fingerprint density at radius 3 is 2.83 bits per heavy atom. The molecule has 0 aliphatic carbocycles. The molecule has 0 aliphatic rings. The second-order valence-corrected chi connectivity index (χ2v) is 6.52. The number of amides is 1. The Morgan fingerprint density at radius 2 is 2.03 bits per heavy atom. The number of carbonyl (C=O) groups is 1. The van der Waals surface area contributed by atoms with Crippen molar-refractivity contribution in [1.29, 1.82) is 0 Å². The molecule has 8 nitrogen and oxygen atoms in total. The fraction of sp³-hybridized carbons (Fsp3) is 0.143. The van der Waals surface area contributed by atoms with E-state index in [4.69, 9.17) is 9.26 Å². The molecular formula is C21H18FN5O3. The molecule has 1 N–H and O–H groups in total. The third-order valence-electron chi connectivity index (χ3n) is 4.32. The first kappa shape index (κ1) is 19.3. The van der Waals surface area contributed by atoms with Crippen LogP contribution in [-0.4, -0.2) is 25.8 Å². The second kappa shape index (κ2) is 8.56. The van der Waals surface area contributed by atoms with E-state index in [2.05, 4.69) is 20.6 Å². The van der Waals surface area contributed by atoms with Crippen LogP contribution in [0.15, 0.2) is 65.4 Å². The standard InChI is InChI=1S/C21H18FN5O3/c1-14-18(12-29-17-8-3-2-4-9-17)19(26-30-14)20(28)24-21-23-13-27(25-21)11-15-6-5-7-16(22)10-15/h2-10,13H,11-12H2,1H3,(H,24,25,28). The molecule has 2 heterocycles. The number of nitrogens with zero attached hydrogens (tertiary/aromatic N) is 4. The van der Waals surface area contributed by atoms with E-state index in [0.717, 1.165) is 5.56 Å². The van der Waals surface area contributed by atoms with Gasteiger partial charge in [0.05, 0.1) is 12.1 Å².